The lowest BCUT2D eigenvalue weighted by atomic mass is 10.0. The number of carboxylic acid groups (broad SMARTS) is 1. The van der Waals surface area contributed by atoms with Crippen LogP contribution in [0.3, 0.4) is 0 Å². The Hall–Kier alpha value is -3.55. The molecule has 0 aliphatic heterocycles. The highest BCUT2D eigenvalue weighted by molar-refractivity contribution is 5.90. The summed E-state index contributed by atoms with van der Waals surface area (Å²) in [5, 5.41) is 9.13. The molecule has 0 radical (unpaired) electrons. The minimum atomic E-state index is -4.93. The van der Waals surface area contributed by atoms with Crippen molar-refractivity contribution in [3.8, 4) is 22.8 Å². The number of hydrogen-bond donors (Lipinski definition) is 1. The predicted octanol–water partition coefficient (Wildman–Crippen LogP) is 4.92. The quantitative estimate of drug-likeness (QED) is 0.648. The number of ether oxygens (including phenoxy) is 2. The highest BCUT2D eigenvalue weighted by Gasteiger charge is 2.31. The number of rotatable bonds is 6. The SMILES string of the molecule is O=C(O)c1cc(OC(F)(F)F)cc(-c2ccc(OCc3ccccc3)nc2)c1. The lowest BCUT2D eigenvalue weighted by Crippen LogP contribution is -2.17. The van der Waals surface area contributed by atoms with Crippen LogP contribution >= 0.6 is 0 Å². The average molecular weight is 389 g/mol. The summed E-state index contributed by atoms with van der Waals surface area (Å²) in [6.07, 6.45) is -3.54. The number of aromatic nitrogens is 1. The molecule has 2 aromatic carbocycles. The van der Waals surface area contributed by atoms with Gasteiger partial charge in [0.05, 0.1) is 5.56 Å². The molecule has 1 N–H and O–H groups in total. The summed E-state index contributed by atoms with van der Waals surface area (Å²) in [5.41, 5.74) is 1.26. The van der Waals surface area contributed by atoms with E-state index in [1.807, 2.05) is 30.3 Å². The topological polar surface area (TPSA) is 68.7 Å². The van der Waals surface area contributed by atoms with Gasteiger partial charge in [0.1, 0.15) is 12.4 Å². The second kappa shape index (κ2) is 7.99. The summed E-state index contributed by atoms with van der Waals surface area (Å²) in [7, 11) is 0. The first-order chi connectivity index (χ1) is 13.3. The molecule has 0 aliphatic rings. The predicted molar refractivity (Wildman–Crippen MR) is 94.1 cm³/mol. The first-order valence-corrected chi connectivity index (χ1v) is 8.07. The second-order valence-electron chi connectivity index (χ2n) is 5.76. The number of pyridine rings is 1. The number of carboxylic acids is 1. The Balaban J connectivity index is 1.81. The third-order valence-corrected chi connectivity index (χ3v) is 3.69. The van der Waals surface area contributed by atoms with Gasteiger partial charge < -0.3 is 14.6 Å². The van der Waals surface area contributed by atoms with Crippen molar-refractivity contribution in [2.45, 2.75) is 13.0 Å². The molecule has 1 aromatic heterocycles. The van der Waals surface area contributed by atoms with Gasteiger partial charge in [-0.3, -0.25) is 0 Å². The van der Waals surface area contributed by atoms with Gasteiger partial charge in [0.2, 0.25) is 5.88 Å². The molecule has 0 spiro atoms. The van der Waals surface area contributed by atoms with Crippen molar-refractivity contribution in [2.24, 2.45) is 0 Å². The van der Waals surface area contributed by atoms with Crippen LogP contribution in [0, 0.1) is 0 Å². The normalized spacial score (nSPS) is 11.1. The van der Waals surface area contributed by atoms with Crippen molar-refractivity contribution in [1.82, 2.24) is 4.98 Å². The van der Waals surface area contributed by atoms with Gasteiger partial charge in [-0.1, -0.05) is 30.3 Å². The Labute approximate surface area is 158 Å². The van der Waals surface area contributed by atoms with E-state index in [0.717, 1.165) is 17.7 Å². The summed E-state index contributed by atoms with van der Waals surface area (Å²) in [6, 6.07) is 15.7. The number of halogens is 3. The van der Waals surface area contributed by atoms with Crippen molar-refractivity contribution < 1.29 is 32.5 Å². The minimum absolute atomic E-state index is 0.223. The van der Waals surface area contributed by atoms with Crippen LogP contribution in [0.1, 0.15) is 15.9 Å². The highest BCUT2D eigenvalue weighted by atomic mass is 19.4. The van der Waals surface area contributed by atoms with Crippen LogP contribution in [-0.2, 0) is 6.61 Å². The molecular weight excluding hydrogens is 375 g/mol. The van der Waals surface area contributed by atoms with Crippen LogP contribution in [0.2, 0.25) is 0 Å². The maximum absolute atomic E-state index is 12.5. The van der Waals surface area contributed by atoms with E-state index < -0.39 is 18.1 Å². The van der Waals surface area contributed by atoms with Gasteiger partial charge in [-0.15, -0.1) is 13.2 Å². The Morgan fingerprint density at radius 3 is 2.36 bits per heavy atom. The maximum atomic E-state index is 12.5. The first-order valence-electron chi connectivity index (χ1n) is 8.07. The third kappa shape index (κ3) is 5.23. The molecule has 0 amide bonds. The molecule has 1 heterocycles. The van der Waals surface area contributed by atoms with E-state index >= 15 is 0 Å². The number of hydrogen-bond acceptors (Lipinski definition) is 4. The summed E-state index contributed by atoms with van der Waals surface area (Å²) in [4.78, 5) is 15.3. The summed E-state index contributed by atoms with van der Waals surface area (Å²) < 4.78 is 46.9. The van der Waals surface area contributed by atoms with Gasteiger partial charge in [-0.05, 0) is 35.4 Å². The van der Waals surface area contributed by atoms with E-state index in [2.05, 4.69) is 9.72 Å². The fourth-order valence-corrected chi connectivity index (χ4v) is 2.45. The molecule has 0 saturated heterocycles. The molecule has 0 fully saturated rings. The molecule has 28 heavy (non-hydrogen) atoms. The summed E-state index contributed by atoms with van der Waals surface area (Å²) >= 11 is 0. The Bertz CT molecular complexity index is 957. The molecular formula is C20H14F3NO4. The Morgan fingerprint density at radius 1 is 1.00 bits per heavy atom. The number of aromatic carboxylic acids is 1. The van der Waals surface area contributed by atoms with Crippen LogP contribution in [0.4, 0.5) is 13.2 Å². The fourth-order valence-electron chi connectivity index (χ4n) is 2.45. The van der Waals surface area contributed by atoms with Crippen LogP contribution in [0.25, 0.3) is 11.1 Å². The molecule has 0 saturated carbocycles. The lowest BCUT2D eigenvalue weighted by Gasteiger charge is -2.12. The van der Waals surface area contributed by atoms with Crippen LogP contribution in [0.5, 0.6) is 11.6 Å². The molecule has 0 atom stereocenters. The second-order valence-corrected chi connectivity index (χ2v) is 5.76. The molecule has 0 aliphatic carbocycles. The number of carbonyl (C=O) groups is 1. The van der Waals surface area contributed by atoms with Gasteiger partial charge in [-0.25, -0.2) is 9.78 Å². The van der Waals surface area contributed by atoms with Crippen molar-refractivity contribution in [1.29, 1.82) is 0 Å². The van der Waals surface area contributed by atoms with Gasteiger partial charge >= 0.3 is 12.3 Å². The highest BCUT2D eigenvalue weighted by Crippen LogP contribution is 2.30. The zero-order valence-electron chi connectivity index (χ0n) is 14.3. The van der Waals surface area contributed by atoms with Gasteiger partial charge in [0, 0.05) is 17.8 Å². The minimum Gasteiger partial charge on any atom is -0.478 e. The van der Waals surface area contributed by atoms with Crippen molar-refractivity contribution in [3.63, 3.8) is 0 Å². The molecule has 3 rings (SSSR count). The number of benzene rings is 2. The fraction of sp³-hybridized carbons (Fsp3) is 0.100. The standard InChI is InChI=1S/C20H14F3NO4/c21-20(22,23)28-17-9-15(8-16(10-17)19(25)26)14-6-7-18(24-11-14)27-12-13-4-2-1-3-5-13/h1-11H,12H2,(H,25,26). The largest absolute Gasteiger partial charge is 0.573 e. The van der Waals surface area contributed by atoms with Gasteiger partial charge in [-0.2, -0.15) is 0 Å². The van der Waals surface area contributed by atoms with Crippen LogP contribution in [0.15, 0.2) is 66.9 Å². The van der Waals surface area contributed by atoms with Gasteiger partial charge in [0.15, 0.2) is 0 Å². The number of nitrogens with zero attached hydrogens (tertiary/aromatic N) is 1. The third-order valence-electron chi connectivity index (χ3n) is 3.69. The molecule has 0 bridgehead atoms. The maximum Gasteiger partial charge on any atom is 0.573 e. The lowest BCUT2D eigenvalue weighted by molar-refractivity contribution is -0.274. The van der Waals surface area contributed by atoms with Crippen molar-refractivity contribution in [2.75, 3.05) is 0 Å². The number of alkyl halides is 3. The zero-order chi connectivity index (χ0) is 20.1. The van der Waals surface area contributed by atoms with Crippen LogP contribution < -0.4 is 9.47 Å². The van der Waals surface area contributed by atoms with E-state index in [9.17, 15) is 18.0 Å². The summed E-state index contributed by atoms with van der Waals surface area (Å²) in [5.74, 6) is -1.66. The first kappa shape index (κ1) is 19.2. The molecule has 0 unspecified atom stereocenters. The van der Waals surface area contributed by atoms with Crippen molar-refractivity contribution >= 4 is 5.97 Å². The van der Waals surface area contributed by atoms with E-state index in [4.69, 9.17) is 9.84 Å². The van der Waals surface area contributed by atoms with Gasteiger partial charge in [0.25, 0.3) is 0 Å². The monoisotopic (exact) mass is 389 g/mol. The molecule has 3 aromatic rings. The van der Waals surface area contributed by atoms with E-state index in [-0.39, 0.29) is 11.1 Å². The molecule has 8 heteroatoms. The van der Waals surface area contributed by atoms with Crippen LogP contribution in [-0.4, -0.2) is 22.4 Å². The average Bonchev–Trinajstić information content (AvgIpc) is 2.66. The van der Waals surface area contributed by atoms with E-state index in [1.165, 1.54) is 12.3 Å². The molecule has 144 valence electrons. The smallest absolute Gasteiger partial charge is 0.478 e. The summed E-state index contributed by atoms with van der Waals surface area (Å²) in [6.45, 7) is 0.311. The zero-order valence-corrected chi connectivity index (χ0v) is 14.3. The van der Waals surface area contributed by atoms with Crippen molar-refractivity contribution in [3.05, 3.63) is 78.0 Å². The Kier molecular flexibility index (Phi) is 5.49. The van der Waals surface area contributed by atoms with E-state index in [0.29, 0.717) is 18.1 Å². The Morgan fingerprint density at radius 2 is 1.75 bits per heavy atom. The molecule has 5 nitrogen and oxygen atoms in total. The van der Waals surface area contributed by atoms with E-state index in [1.54, 1.807) is 12.1 Å².